The van der Waals surface area contributed by atoms with Crippen LogP contribution >= 0.6 is 0 Å². The summed E-state index contributed by atoms with van der Waals surface area (Å²) in [6.07, 6.45) is 0.784. The van der Waals surface area contributed by atoms with Crippen molar-refractivity contribution in [3.05, 3.63) is 35.9 Å². The molecule has 1 aromatic carbocycles. The topological polar surface area (TPSA) is 47.6 Å². The van der Waals surface area contributed by atoms with Crippen LogP contribution in [0.15, 0.2) is 35.3 Å². The van der Waals surface area contributed by atoms with Gasteiger partial charge < -0.3 is 10.5 Å². The monoisotopic (exact) mass is 220 g/mol. The first-order valence-corrected chi connectivity index (χ1v) is 5.76. The lowest BCUT2D eigenvalue weighted by Gasteiger charge is -2.16. The number of hydrogen-bond donors (Lipinski definition) is 1. The fraction of sp³-hybridized carbons (Fsp3) is 0.462. The number of nitrogens with two attached hydrogens (primary N) is 1. The minimum atomic E-state index is -0.210. The van der Waals surface area contributed by atoms with Gasteiger partial charge in [-0.1, -0.05) is 37.3 Å². The third-order valence-corrected chi connectivity index (χ3v) is 2.22. The Bertz CT molecular complexity index is 322. The second-order valence-electron chi connectivity index (χ2n) is 3.55. The minimum Gasteiger partial charge on any atom is -0.385 e. The molecule has 0 spiro atoms. The highest BCUT2D eigenvalue weighted by atomic mass is 16.5. The number of amidine groups is 1. The molecule has 0 amide bonds. The Morgan fingerprint density at radius 1 is 1.31 bits per heavy atom. The summed E-state index contributed by atoms with van der Waals surface area (Å²) in [5.74, 6) is 0.565. The molecule has 1 rings (SSSR count). The lowest BCUT2D eigenvalue weighted by molar-refractivity contribution is 0.109. The highest BCUT2D eigenvalue weighted by Crippen LogP contribution is 2.17. The normalized spacial score (nSPS) is 13.8. The van der Waals surface area contributed by atoms with Crippen molar-refractivity contribution in [1.29, 1.82) is 0 Å². The van der Waals surface area contributed by atoms with Crippen molar-refractivity contribution < 1.29 is 4.74 Å². The zero-order chi connectivity index (χ0) is 11.8. The van der Waals surface area contributed by atoms with Crippen LogP contribution in [-0.4, -0.2) is 19.0 Å². The van der Waals surface area contributed by atoms with Gasteiger partial charge in [-0.2, -0.15) is 0 Å². The first-order valence-electron chi connectivity index (χ1n) is 5.76. The molecule has 1 aromatic rings. The van der Waals surface area contributed by atoms with Gasteiger partial charge in [0.05, 0.1) is 0 Å². The van der Waals surface area contributed by atoms with Crippen molar-refractivity contribution >= 4 is 5.84 Å². The Labute approximate surface area is 97.3 Å². The predicted molar refractivity (Wildman–Crippen MR) is 67.6 cm³/mol. The van der Waals surface area contributed by atoms with Gasteiger partial charge in [0.1, 0.15) is 11.9 Å². The largest absolute Gasteiger partial charge is 0.385 e. The molecule has 3 nitrogen and oxygen atoms in total. The van der Waals surface area contributed by atoms with Gasteiger partial charge in [-0.25, -0.2) is 0 Å². The Morgan fingerprint density at radius 3 is 2.56 bits per heavy atom. The van der Waals surface area contributed by atoms with E-state index in [2.05, 4.69) is 11.9 Å². The van der Waals surface area contributed by atoms with Gasteiger partial charge in [-0.15, -0.1) is 0 Å². The van der Waals surface area contributed by atoms with Crippen molar-refractivity contribution in [2.24, 2.45) is 10.7 Å². The van der Waals surface area contributed by atoms with Crippen LogP contribution in [0.1, 0.15) is 31.9 Å². The average Bonchev–Trinajstić information content (AvgIpc) is 2.34. The molecule has 0 aromatic heterocycles. The van der Waals surface area contributed by atoms with E-state index in [4.69, 9.17) is 10.5 Å². The first-order chi connectivity index (χ1) is 7.79. The molecule has 2 N–H and O–H groups in total. The van der Waals surface area contributed by atoms with Gasteiger partial charge in [-0.05, 0) is 18.9 Å². The lowest BCUT2D eigenvalue weighted by Crippen LogP contribution is -2.24. The van der Waals surface area contributed by atoms with Crippen LogP contribution in [0.5, 0.6) is 0 Å². The zero-order valence-corrected chi connectivity index (χ0v) is 10.0. The molecular formula is C13H20N2O. The maximum atomic E-state index is 5.95. The quantitative estimate of drug-likeness (QED) is 0.591. The van der Waals surface area contributed by atoms with Crippen LogP contribution in [0.25, 0.3) is 0 Å². The Hall–Kier alpha value is -1.35. The summed E-state index contributed by atoms with van der Waals surface area (Å²) in [6.45, 7) is 5.42. The maximum Gasteiger partial charge on any atom is 0.139 e. The van der Waals surface area contributed by atoms with Gasteiger partial charge in [0.15, 0.2) is 0 Å². The van der Waals surface area contributed by atoms with E-state index in [0.29, 0.717) is 12.4 Å². The molecule has 0 aliphatic carbocycles. The number of rotatable bonds is 6. The number of nitrogens with zero attached hydrogens (tertiary/aromatic N) is 1. The average molecular weight is 220 g/mol. The second-order valence-corrected chi connectivity index (χ2v) is 3.55. The fourth-order valence-corrected chi connectivity index (χ4v) is 1.47. The number of hydrogen-bond acceptors (Lipinski definition) is 2. The molecule has 0 saturated heterocycles. The first kappa shape index (κ1) is 12.7. The van der Waals surface area contributed by atoms with E-state index in [1.54, 1.807) is 0 Å². The Morgan fingerprint density at radius 2 is 2.00 bits per heavy atom. The summed E-state index contributed by atoms with van der Waals surface area (Å²) >= 11 is 0. The third-order valence-electron chi connectivity index (χ3n) is 2.22. The molecule has 88 valence electrons. The molecule has 1 unspecified atom stereocenters. The van der Waals surface area contributed by atoms with Crippen molar-refractivity contribution in [3.63, 3.8) is 0 Å². The summed E-state index contributed by atoms with van der Waals surface area (Å²) in [7, 11) is 0. The van der Waals surface area contributed by atoms with Crippen LogP contribution in [-0.2, 0) is 4.74 Å². The SMILES string of the molecule is CCCN=C(N)C(OCC)c1ccccc1. The minimum absolute atomic E-state index is 0.210. The van der Waals surface area contributed by atoms with E-state index in [1.165, 1.54) is 0 Å². The van der Waals surface area contributed by atoms with E-state index in [0.717, 1.165) is 18.5 Å². The molecule has 3 heteroatoms. The predicted octanol–water partition coefficient (Wildman–Crippen LogP) is 2.53. The summed E-state index contributed by atoms with van der Waals surface area (Å²) in [5, 5.41) is 0. The van der Waals surface area contributed by atoms with E-state index in [-0.39, 0.29) is 6.10 Å². The van der Waals surface area contributed by atoms with Crippen LogP contribution in [0.3, 0.4) is 0 Å². The summed E-state index contributed by atoms with van der Waals surface area (Å²) in [5.41, 5.74) is 7.00. The highest BCUT2D eigenvalue weighted by Gasteiger charge is 2.14. The molecule has 0 fully saturated rings. The molecule has 16 heavy (non-hydrogen) atoms. The van der Waals surface area contributed by atoms with Crippen LogP contribution in [0.2, 0.25) is 0 Å². The van der Waals surface area contributed by atoms with Gasteiger partial charge in [0.2, 0.25) is 0 Å². The third kappa shape index (κ3) is 3.66. The van der Waals surface area contributed by atoms with Gasteiger partial charge in [-0.3, -0.25) is 4.99 Å². The van der Waals surface area contributed by atoms with E-state index < -0.39 is 0 Å². The van der Waals surface area contributed by atoms with Gasteiger partial charge in [0, 0.05) is 13.2 Å². The summed E-state index contributed by atoms with van der Waals surface area (Å²) in [4.78, 5) is 4.31. The molecule has 0 bridgehead atoms. The highest BCUT2D eigenvalue weighted by molar-refractivity contribution is 5.86. The standard InChI is InChI=1S/C13H20N2O/c1-3-10-15-13(14)12(16-4-2)11-8-6-5-7-9-11/h5-9,12H,3-4,10H2,1-2H3,(H2,14,15). The number of benzene rings is 1. The Balaban J connectivity index is 2.82. The van der Waals surface area contributed by atoms with E-state index in [1.807, 2.05) is 37.3 Å². The van der Waals surface area contributed by atoms with Crippen molar-refractivity contribution in [1.82, 2.24) is 0 Å². The maximum absolute atomic E-state index is 5.95. The van der Waals surface area contributed by atoms with Crippen LogP contribution in [0.4, 0.5) is 0 Å². The number of aliphatic imine (C=N–C) groups is 1. The van der Waals surface area contributed by atoms with E-state index in [9.17, 15) is 0 Å². The molecular weight excluding hydrogens is 200 g/mol. The zero-order valence-electron chi connectivity index (χ0n) is 10.0. The molecule has 0 radical (unpaired) electrons. The smallest absolute Gasteiger partial charge is 0.139 e. The van der Waals surface area contributed by atoms with E-state index >= 15 is 0 Å². The second kappa shape index (κ2) is 7.01. The Kier molecular flexibility index (Phi) is 5.57. The van der Waals surface area contributed by atoms with Crippen LogP contribution < -0.4 is 5.73 Å². The molecule has 0 aliphatic heterocycles. The van der Waals surface area contributed by atoms with Crippen LogP contribution in [0, 0.1) is 0 Å². The van der Waals surface area contributed by atoms with Crippen molar-refractivity contribution in [3.8, 4) is 0 Å². The van der Waals surface area contributed by atoms with Crippen molar-refractivity contribution in [2.45, 2.75) is 26.4 Å². The summed E-state index contributed by atoms with van der Waals surface area (Å²) < 4.78 is 5.63. The van der Waals surface area contributed by atoms with Gasteiger partial charge >= 0.3 is 0 Å². The molecule has 0 saturated carbocycles. The molecule has 0 aliphatic rings. The molecule has 0 heterocycles. The van der Waals surface area contributed by atoms with Crippen molar-refractivity contribution in [2.75, 3.05) is 13.2 Å². The lowest BCUT2D eigenvalue weighted by atomic mass is 10.1. The number of ether oxygens (including phenoxy) is 1. The molecule has 1 atom stereocenters. The summed E-state index contributed by atoms with van der Waals surface area (Å²) in [6, 6.07) is 9.96. The van der Waals surface area contributed by atoms with Gasteiger partial charge in [0.25, 0.3) is 0 Å². The fourth-order valence-electron chi connectivity index (χ4n) is 1.47.